The van der Waals surface area contributed by atoms with Gasteiger partial charge >= 0.3 is 0 Å². The highest BCUT2D eigenvalue weighted by molar-refractivity contribution is 9.07. The van der Waals surface area contributed by atoms with Crippen LogP contribution < -0.4 is 5.56 Å². The first-order valence-corrected chi connectivity index (χ1v) is 7.08. The highest BCUT2D eigenvalue weighted by atomic mass is 79.9. The summed E-state index contributed by atoms with van der Waals surface area (Å²) in [6, 6.07) is 8.92. The summed E-state index contributed by atoms with van der Waals surface area (Å²) in [6.45, 7) is 3.47. The van der Waals surface area contributed by atoms with Crippen molar-refractivity contribution in [3.63, 3.8) is 0 Å². The van der Waals surface area contributed by atoms with Gasteiger partial charge in [-0.3, -0.25) is 14.2 Å². The number of benzene rings is 1. The number of hydrogen-bond donors (Lipinski definition) is 0. The average Bonchev–Trinajstić information content (AvgIpc) is 2.67. The third-order valence-corrected chi connectivity index (χ3v) is 4.88. The van der Waals surface area contributed by atoms with E-state index in [0.29, 0.717) is 16.8 Å². The van der Waals surface area contributed by atoms with Crippen LogP contribution in [0.4, 0.5) is 4.39 Å². The normalized spacial score (nSPS) is 20.8. The molecular formula is C15H12BrFN2O2. The molecule has 1 aliphatic rings. The Hall–Kier alpha value is -1.95. The largest absolute Gasteiger partial charge is 0.283 e. The van der Waals surface area contributed by atoms with E-state index < -0.39 is 11.5 Å². The fourth-order valence-corrected chi connectivity index (χ4v) is 3.27. The quantitative estimate of drug-likeness (QED) is 0.742. The third-order valence-electron chi connectivity index (χ3n) is 3.86. The van der Waals surface area contributed by atoms with E-state index in [2.05, 4.69) is 16.1 Å². The maximum Gasteiger partial charge on any atom is 0.283 e. The van der Waals surface area contributed by atoms with Crippen LogP contribution in [-0.4, -0.2) is 14.4 Å². The number of nitrogens with zero attached hydrogens (tertiary/aromatic N) is 2. The minimum atomic E-state index is -1.11. The lowest BCUT2D eigenvalue weighted by molar-refractivity contribution is 0.0823. The summed E-state index contributed by atoms with van der Waals surface area (Å²) in [6.07, 6.45) is 0. The van der Waals surface area contributed by atoms with Crippen molar-refractivity contribution >= 4 is 22.1 Å². The van der Waals surface area contributed by atoms with E-state index >= 15 is 0 Å². The maximum atomic E-state index is 13.6. The molecule has 6 heteroatoms. The summed E-state index contributed by atoms with van der Waals surface area (Å²) in [5.41, 5.74) is 0.101. The van der Waals surface area contributed by atoms with Gasteiger partial charge in [-0.05, 0) is 31.5 Å². The van der Waals surface area contributed by atoms with Crippen molar-refractivity contribution < 1.29 is 9.18 Å². The number of carbonyl (C=O) groups excluding carboxylic acids is 1. The fraction of sp³-hybridized carbons (Fsp3) is 0.200. The second-order valence-corrected chi connectivity index (χ2v) is 5.87. The molecule has 0 saturated heterocycles. The highest BCUT2D eigenvalue weighted by Gasteiger charge is 2.48. The van der Waals surface area contributed by atoms with Gasteiger partial charge in [0, 0.05) is 11.6 Å². The van der Waals surface area contributed by atoms with Crippen LogP contribution in [0.15, 0.2) is 41.2 Å². The summed E-state index contributed by atoms with van der Waals surface area (Å²) >= 11 is 3.24. The molecule has 0 aliphatic carbocycles. The molecule has 0 bridgehead atoms. The van der Waals surface area contributed by atoms with E-state index in [-0.39, 0.29) is 11.5 Å². The third kappa shape index (κ3) is 1.78. The molecule has 0 saturated carbocycles. The molecule has 1 atom stereocenters. The Labute approximate surface area is 129 Å². The summed E-state index contributed by atoms with van der Waals surface area (Å²) in [5, 5.41) is 0. The second kappa shape index (κ2) is 4.53. The minimum Gasteiger partial charge on any atom is -0.274 e. The van der Waals surface area contributed by atoms with Gasteiger partial charge in [0.1, 0.15) is 11.5 Å². The summed E-state index contributed by atoms with van der Waals surface area (Å²) in [5.74, 6) is -0.742. The van der Waals surface area contributed by atoms with Crippen molar-refractivity contribution in [1.82, 2.24) is 8.49 Å². The van der Waals surface area contributed by atoms with E-state index in [1.165, 1.54) is 26.7 Å². The van der Waals surface area contributed by atoms with Crippen LogP contribution in [-0.2, 0) is 5.66 Å². The topological polar surface area (TPSA) is 42.3 Å². The molecule has 108 valence electrons. The van der Waals surface area contributed by atoms with Gasteiger partial charge in [0.15, 0.2) is 5.66 Å². The van der Waals surface area contributed by atoms with Gasteiger partial charge in [0.25, 0.3) is 11.5 Å². The Morgan fingerprint density at radius 2 is 1.90 bits per heavy atom. The number of aromatic nitrogens is 1. The molecule has 0 radical (unpaired) electrons. The summed E-state index contributed by atoms with van der Waals surface area (Å²) < 4.78 is 16.3. The van der Waals surface area contributed by atoms with Crippen LogP contribution in [0.1, 0.15) is 28.5 Å². The van der Waals surface area contributed by atoms with Gasteiger partial charge in [-0.2, -0.15) is 0 Å². The Bertz CT molecular complexity index is 818. The van der Waals surface area contributed by atoms with Gasteiger partial charge in [-0.25, -0.2) is 8.32 Å². The molecule has 4 nitrogen and oxygen atoms in total. The number of halogens is 2. The van der Waals surface area contributed by atoms with Gasteiger partial charge < -0.3 is 0 Å². The standard InChI is InChI=1S/C15H12BrFN2O2/c1-9-6-7-12(20)18-13(9)14(21)19(16)15(18,2)10-4-3-5-11(17)8-10/h3-8H,1-2H3. The lowest BCUT2D eigenvalue weighted by atomic mass is 10.0. The van der Waals surface area contributed by atoms with Crippen LogP contribution in [0.25, 0.3) is 0 Å². The smallest absolute Gasteiger partial charge is 0.274 e. The summed E-state index contributed by atoms with van der Waals surface area (Å²) in [4.78, 5) is 24.8. The Kier molecular flexibility index (Phi) is 3.02. The monoisotopic (exact) mass is 350 g/mol. The van der Waals surface area contributed by atoms with Gasteiger partial charge in [0.2, 0.25) is 0 Å². The molecule has 1 aromatic carbocycles. The average molecular weight is 351 g/mol. The fourth-order valence-electron chi connectivity index (χ4n) is 2.74. The molecule has 1 aliphatic heterocycles. The van der Waals surface area contributed by atoms with E-state index in [1.807, 2.05) is 0 Å². The number of carbonyl (C=O) groups is 1. The van der Waals surface area contributed by atoms with Crippen LogP contribution in [0.2, 0.25) is 0 Å². The minimum absolute atomic E-state index is 0.308. The summed E-state index contributed by atoms with van der Waals surface area (Å²) in [7, 11) is 0. The highest BCUT2D eigenvalue weighted by Crippen LogP contribution is 2.40. The Balaban J connectivity index is 2.39. The number of aryl methyl sites for hydroxylation is 1. The zero-order valence-corrected chi connectivity index (χ0v) is 13.0. The number of amides is 1. The van der Waals surface area contributed by atoms with Crippen LogP contribution in [0, 0.1) is 12.7 Å². The van der Waals surface area contributed by atoms with Crippen molar-refractivity contribution in [2.45, 2.75) is 19.5 Å². The molecule has 1 aromatic heterocycles. The Morgan fingerprint density at radius 3 is 2.57 bits per heavy atom. The molecular weight excluding hydrogens is 339 g/mol. The first kappa shape index (κ1) is 14.0. The lowest BCUT2D eigenvalue weighted by Crippen LogP contribution is -2.44. The van der Waals surface area contributed by atoms with E-state index in [0.717, 1.165) is 0 Å². The number of hydrogen-bond acceptors (Lipinski definition) is 2. The molecule has 0 fully saturated rings. The van der Waals surface area contributed by atoms with Crippen molar-refractivity contribution in [3.8, 4) is 0 Å². The molecule has 0 N–H and O–H groups in total. The number of pyridine rings is 1. The maximum absolute atomic E-state index is 13.6. The van der Waals surface area contributed by atoms with Crippen molar-refractivity contribution in [3.05, 3.63) is 69.4 Å². The van der Waals surface area contributed by atoms with Gasteiger partial charge in [-0.1, -0.05) is 18.2 Å². The van der Waals surface area contributed by atoms with E-state index in [9.17, 15) is 14.0 Å². The van der Waals surface area contributed by atoms with Gasteiger partial charge in [-0.15, -0.1) is 0 Å². The molecule has 2 heterocycles. The second-order valence-electron chi connectivity index (χ2n) is 5.16. The Morgan fingerprint density at radius 1 is 1.19 bits per heavy atom. The van der Waals surface area contributed by atoms with Crippen LogP contribution >= 0.6 is 16.1 Å². The molecule has 3 rings (SSSR count). The number of fused-ring (bicyclic) bond motifs is 1. The molecule has 21 heavy (non-hydrogen) atoms. The van der Waals surface area contributed by atoms with Gasteiger partial charge in [0.05, 0.1) is 16.1 Å². The lowest BCUT2D eigenvalue weighted by Gasteiger charge is -2.32. The van der Waals surface area contributed by atoms with Crippen LogP contribution in [0.5, 0.6) is 0 Å². The first-order chi connectivity index (χ1) is 9.87. The SMILES string of the molecule is Cc1ccc(=O)n2c1C(=O)N(Br)C2(C)c1cccc(F)c1. The number of rotatable bonds is 1. The predicted molar refractivity (Wildman–Crippen MR) is 79.7 cm³/mol. The van der Waals surface area contributed by atoms with E-state index in [4.69, 9.17) is 0 Å². The zero-order chi connectivity index (χ0) is 15.4. The molecule has 1 unspecified atom stereocenters. The van der Waals surface area contributed by atoms with Crippen LogP contribution in [0.3, 0.4) is 0 Å². The first-order valence-electron chi connectivity index (χ1n) is 6.37. The molecule has 1 amide bonds. The van der Waals surface area contributed by atoms with Crippen molar-refractivity contribution in [2.24, 2.45) is 0 Å². The predicted octanol–water partition coefficient (Wildman–Crippen LogP) is 2.78. The zero-order valence-electron chi connectivity index (χ0n) is 11.4. The van der Waals surface area contributed by atoms with Crippen molar-refractivity contribution in [2.75, 3.05) is 0 Å². The van der Waals surface area contributed by atoms with E-state index in [1.54, 1.807) is 32.0 Å². The molecule has 2 aromatic rings. The molecule has 0 spiro atoms. The van der Waals surface area contributed by atoms with Crippen molar-refractivity contribution in [1.29, 1.82) is 0 Å².